The van der Waals surface area contributed by atoms with Gasteiger partial charge in [-0.1, -0.05) is 103 Å². The molecule has 6 heteroatoms. The van der Waals surface area contributed by atoms with Crippen molar-refractivity contribution >= 4 is 0 Å². The lowest BCUT2D eigenvalue weighted by Gasteiger charge is -2.52. The highest BCUT2D eigenvalue weighted by molar-refractivity contribution is 5.19. The van der Waals surface area contributed by atoms with Crippen LogP contribution in [-0.4, -0.2) is 42.7 Å². The fourth-order valence-corrected chi connectivity index (χ4v) is 7.10. The minimum absolute atomic E-state index is 0.0366. The maximum Gasteiger partial charge on any atom is 0.184 e. The smallest absolute Gasteiger partial charge is 0.184 e. The lowest BCUT2D eigenvalue weighted by atomic mass is 9.65. The monoisotopic (exact) mass is 554 g/mol. The number of hydrogen-bond acceptors (Lipinski definition) is 6. The molecule has 2 aliphatic carbocycles. The molecule has 7 rings (SSSR count). The average molecular weight is 555 g/mol. The number of fused-ring (bicyclic) bond motifs is 2. The van der Waals surface area contributed by atoms with E-state index in [0.29, 0.717) is 19.8 Å². The molecule has 2 unspecified atom stereocenters. The van der Waals surface area contributed by atoms with Crippen LogP contribution in [0.2, 0.25) is 0 Å². The predicted octanol–water partition coefficient (Wildman–Crippen LogP) is 5.99. The van der Waals surface area contributed by atoms with Gasteiger partial charge in [0.25, 0.3) is 0 Å². The zero-order chi connectivity index (χ0) is 27.6. The van der Waals surface area contributed by atoms with Crippen molar-refractivity contribution in [3.05, 3.63) is 120 Å². The topological polar surface area (TPSA) is 66.4 Å². The Hall–Kier alpha value is -2.84. The number of allylic oxidation sites excluding steroid dienone is 1. The molecule has 1 N–H and O–H groups in total. The van der Waals surface area contributed by atoms with E-state index in [1.54, 1.807) is 0 Å². The van der Waals surface area contributed by atoms with E-state index in [9.17, 15) is 5.11 Å². The van der Waals surface area contributed by atoms with Crippen molar-refractivity contribution in [2.75, 3.05) is 13.2 Å². The Morgan fingerprint density at radius 1 is 0.707 bits per heavy atom. The molecule has 0 spiro atoms. The molecule has 214 valence electrons. The summed E-state index contributed by atoms with van der Waals surface area (Å²) in [5, 5.41) is 12.1. The summed E-state index contributed by atoms with van der Waals surface area (Å²) in [6.45, 7) is 1.60. The number of ether oxygens (including phenoxy) is 5. The van der Waals surface area contributed by atoms with E-state index in [0.717, 1.165) is 29.5 Å². The van der Waals surface area contributed by atoms with Gasteiger partial charge in [-0.3, -0.25) is 0 Å². The zero-order valence-electron chi connectivity index (χ0n) is 23.1. The van der Waals surface area contributed by atoms with Crippen LogP contribution in [0.25, 0.3) is 0 Å². The summed E-state index contributed by atoms with van der Waals surface area (Å²) in [5.74, 6) is 0.327. The van der Waals surface area contributed by atoms with Gasteiger partial charge in [-0.2, -0.15) is 0 Å². The first-order valence-corrected chi connectivity index (χ1v) is 14.9. The molecular formula is C35H38O6. The highest BCUT2D eigenvalue weighted by Crippen LogP contribution is 2.48. The highest BCUT2D eigenvalue weighted by Gasteiger charge is 2.53. The Morgan fingerprint density at radius 2 is 1.29 bits per heavy atom. The van der Waals surface area contributed by atoms with Crippen molar-refractivity contribution < 1.29 is 28.8 Å². The van der Waals surface area contributed by atoms with Crippen LogP contribution in [0.3, 0.4) is 0 Å². The Balaban J connectivity index is 1.15. The summed E-state index contributed by atoms with van der Waals surface area (Å²) in [6.07, 6.45) is 3.76. The molecule has 3 aromatic carbocycles. The molecule has 2 heterocycles. The maximum absolute atomic E-state index is 12.1. The zero-order valence-corrected chi connectivity index (χ0v) is 23.1. The molecule has 1 saturated carbocycles. The van der Waals surface area contributed by atoms with E-state index in [1.807, 2.05) is 78.9 Å². The van der Waals surface area contributed by atoms with Crippen LogP contribution in [0.5, 0.6) is 0 Å². The number of rotatable bonds is 6. The van der Waals surface area contributed by atoms with Crippen LogP contribution < -0.4 is 0 Å². The van der Waals surface area contributed by atoms with Crippen LogP contribution in [0, 0.1) is 23.7 Å². The van der Waals surface area contributed by atoms with Crippen molar-refractivity contribution in [1.82, 2.24) is 0 Å². The molecule has 6 nitrogen and oxygen atoms in total. The first-order valence-electron chi connectivity index (χ1n) is 14.9. The summed E-state index contributed by atoms with van der Waals surface area (Å²) in [5.41, 5.74) is 3.07. The highest BCUT2D eigenvalue weighted by atomic mass is 16.7. The largest absolute Gasteiger partial charge is 0.390 e. The molecule has 0 radical (unpaired) electrons. The molecule has 2 aliphatic heterocycles. The molecule has 3 aromatic rings. The molecule has 2 saturated heterocycles. The van der Waals surface area contributed by atoms with E-state index in [4.69, 9.17) is 23.7 Å². The van der Waals surface area contributed by atoms with Gasteiger partial charge in [0.2, 0.25) is 0 Å². The second-order valence-corrected chi connectivity index (χ2v) is 11.8. The van der Waals surface area contributed by atoms with Crippen LogP contribution in [-0.2, 0) is 30.3 Å². The summed E-state index contributed by atoms with van der Waals surface area (Å²) in [7, 11) is 0. The maximum atomic E-state index is 12.1. The number of aliphatic hydroxyl groups excluding tert-OH is 1. The van der Waals surface area contributed by atoms with Crippen LogP contribution in [0.4, 0.5) is 0 Å². The second-order valence-electron chi connectivity index (χ2n) is 11.8. The van der Waals surface area contributed by atoms with Crippen LogP contribution in [0.1, 0.15) is 42.1 Å². The average Bonchev–Trinajstić information content (AvgIpc) is 3.05. The molecule has 10 atom stereocenters. The van der Waals surface area contributed by atoms with E-state index < -0.39 is 24.8 Å². The number of aliphatic hydroxyl groups is 1. The van der Waals surface area contributed by atoms with Crippen molar-refractivity contribution in [2.45, 2.75) is 56.4 Å². The van der Waals surface area contributed by atoms with Gasteiger partial charge in [-0.15, -0.1) is 0 Å². The minimum atomic E-state index is -0.718. The van der Waals surface area contributed by atoms with Crippen molar-refractivity contribution in [1.29, 1.82) is 0 Å². The van der Waals surface area contributed by atoms with Crippen molar-refractivity contribution in [3.63, 3.8) is 0 Å². The lowest BCUT2D eigenvalue weighted by Crippen LogP contribution is -2.59. The van der Waals surface area contributed by atoms with Gasteiger partial charge >= 0.3 is 0 Å². The standard InChI is InChI=1S/C35H38O6/c36-30-29(28-18-10-17-26-21-38-34(40-31(26)28)24-13-6-2-7-14-24)19-27-22-39-35(25-15-8-3-9-16-25)41-32(27)33(30)37-20-23-11-4-1-5-12-23/h1-16,18,26-36H,17,19-22H2/t26-,27-,28+,29-,30+,31-,32-,33-,34?,35?/m1/s1. The summed E-state index contributed by atoms with van der Waals surface area (Å²) >= 11 is 0. The van der Waals surface area contributed by atoms with Crippen molar-refractivity contribution in [2.24, 2.45) is 23.7 Å². The third-order valence-corrected chi connectivity index (χ3v) is 9.19. The quantitative estimate of drug-likeness (QED) is 0.378. The van der Waals surface area contributed by atoms with Crippen LogP contribution >= 0.6 is 0 Å². The van der Waals surface area contributed by atoms with Gasteiger partial charge in [-0.25, -0.2) is 0 Å². The Labute approximate surface area is 241 Å². The van der Waals surface area contributed by atoms with Crippen LogP contribution in [0.15, 0.2) is 103 Å². The SMILES string of the molecule is O[C@H]1[C@@H]([C@@H]2C=CC[C@@H]3COC(c4ccccc4)O[C@H]32)C[C@@H]2COC(c3ccccc3)O[C@H]2[C@@H]1OCc1ccccc1. The van der Waals surface area contributed by atoms with E-state index >= 15 is 0 Å². The predicted molar refractivity (Wildman–Crippen MR) is 153 cm³/mol. The minimum Gasteiger partial charge on any atom is -0.390 e. The summed E-state index contributed by atoms with van der Waals surface area (Å²) in [4.78, 5) is 0. The van der Waals surface area contributed by atoms with Crippen molar-refractivity contribution in [3.8, 4) is 0 Å². The second kappa shape index (κ2) is 12.2. The fourth-order valence-electron chi connectivity index (χ4n) is 7.10. The Morgan fingerprint density at radius 3 is 1.95 bits per heavy atom. The number of benzene rings is 3. The fraction of sp³-hybridized carbons (Fsp3) is 0.429. The molecule has 4 aliphatic rings. The molecular weight excluding hydrogens is 516 g/mol. The first-order chi connectivity index (χ1) is 20.2. The molecule has 3 fully saturated rings. The number of hydrogen-bond donors (Lipinski definition) is 1. The first kappa shape index (κ1) is 27.0. The normalized spacial score (nSPS) is 36.7. The van der Waals surface area contributed by atoms with Gasteiger partial charge in [0.1, 0.15) is 6.10 Å². The third-order valence-electron chi connectivity index (χ3n) is 9.19. The van der Waals surface area contributed by atoms with E-state index in [2.05, 4.69) is 24.3 Å². The summed E-state index contributed by atoms with van der Waals surface area (Å²) < 4.78 is 32.3. The molecule has 0 bridgehead atoms. The van der Waals surface area contributed by atoms with Gasteiger partial charge in [0.15, 0.2) is 12.6 Å². The summed E-state index contributed by atoms with van der Waals surface area (Å²) in [6, 6.07) is 30.3. The van der Waals surface area contributed by atoms with E-state index in [1.165, 1.54) is 0 Å². The van der Waals surface area contributed by atoms with Gasteiger partial charge in [0, 0.05) is 28.9 Å². The Bertz CT molecular complexity index is 1280. The van der Waals surface area contributed by atoms with Gasteiger partial charge < -0.3 is 28.8 Å². The van der Waals surface area contributed by atoms with Gasteiger partial charge in [-0.05, 0) is 24.3 Å². The molecule has 0 aromatic heterocycles. The lowest BCUT2D eigenvalue weighted by molar-refractivity contribution is -0.304. The Kier molecular flexibility index (Phi) is 8.03. The third kappa shape index (κ3) is 5.65. The van der Waals surface area contributed by atoms with Gasteiger partial charge in [0.05, 0.1) is 38.1 Å². The molecule has 0 amide bonds. The molecule has 41 heavy (non-hydrogen) atoms. The van der Waals surface area contributed by atoms with E-state index in [-0.39, 0.29) is 35.9 Å².